The largest absolute Gasteiger partial charge is 0.337 e. The van der Waals surface area contributed by atoms with E-state index < -0.39 is 0 Å². The van der Waals surface area contributed by atoms with Crippen molar-refractivity contribution in [3.8, 4) is 0 Å². The quantitative estimate of drug-likeness (QED) is 0.850. The predicted octanol–water partition coefficient (Wildman–Crippen LogP) is 1.75. The molecule has 4 rings (SSSR count). The summed E-state index contributed by atoms with van der Waals surface area (Å²) in [5, 5.41) is 3.27. The summed E-state index contributed by atoms with van der Waals surface area (Å²) in [7, 11) is 0. The molecule has 0 unspecified atom stereocenters. The number of fused-ring (bicyclic) bond motifs is 1. The number of thiazole rings is 1. The maximum absolute atomic E-state index is 12.6. The number of carbonyl (C=O) groups is 1. The average Bonchev–Trinajstić information content (AvgIpc) is 3.22. The van der Waals surface area contributed by atoms with Crippen molar-refractivity contribution in [2.24, 2.45) is 11.8 Å². The standard InChI is InChI=1S/C17H21N5OS/c1-11-3-19-16(4-18-11)17(23)22-7-13-5-21(6-14(13)8-22)9-15-10-24-12(2)20-15/h3-4,10,13-14H,5-9H2,1-2H3/t13-,14+. The highest BCUT2D eigenvalue weighted by Crippen LogP contribution is 2.32. The fourth-order valence-electron chi connectivity index (χ4n) is 3.76. The van der Waals surface area contributed by atoms with Gasteiger partial charge in [0, 0.05) is 44.3 Å². The first kappa shape index (κ1) is 15.7. The normalized spacial score (nSPS) is 23.7. The molecule has 7 heteroatoms. The first-order valence-electron chi connectivity index (χ1n) is 8.30. The minimum absolute atomic E-state index is 0.0126. The monoisotopic (exact) mass is 343 g/mol. The van der Waals surface area contributed by atoms with E-state index >= 15 is 0 Å². The summed E-state index contributed by atoms with van der Waals surface area (Å²) >= 11 is 1.71. The van der Waals surface area contributed by atoms with E-state index in [4.69, 9.17) is 0 Å². The predicted molar refractivity (Wildman–Crippen MR) is 91.8 cm³/mol. The molecule has 1 amide bonds. The van der Waals surface area contributed by atoms with Gasteiger partial charge < -0.3 is 4.90 Å². The van der Waals surface area contributed by atoms with Crippen molar-refractivity contribution in [3.63, 3.8) is 0 Å². The Morgan fingerprint density at radius 3 is 2.50 bits per heavy atom. The van der Waals surface area contributed by atoms with E-state index in [-0.39, 0.29) is 5.91 Å². The number of aromatic nitrogens is 3. The van der Waals surface area contributed by atoms with Crippen LogP contribution < -0.4 is 0 Å². The highest BCUT2D eigenvalue weighted by atomic mass is 32.1. The lowest BCUT2D eigenvalue weighted by Crippen LogP contribution is -2.33. The molecule has 0 spiro atoms. The summed E-state index contributed by atoms with van der Waals surface area (Å²) in [6.07, 6.45) is 3.24. The lowest BCUT2D eigenvalue weighted by atomic mass is 10.0. The van der Waals surface area contributed by atoms with Crippen molar-refractivity contribution < 1.29 is 4.79 Å². The topological polar surface area (TPSA) is 62.2 Å². The third kappa shape index (κ3) is 3.06. The van der Waals surface area contributed by atoms with Crippen LogP contribution in [0.3, 0.4) is 0 Å². The van der Waals surface area contributed by atoms with Gasteiger partial charge in [-0.15, -0.1) is 11.3 Å². The maximum Gasteiger partial charge on any atom is 0.274 e. The zero-order chi connectivity index (χ0) is 16.7. The number of rotatable bonds is 3. The van der Waals surface area contributed by atoms with Crippen molar-refractivity contribution in [1.82, 2.24) is 24.8 Å². The van der Waals surface area contributed by atoms with Crippen LogP contribution in [0.2, 0.25) is 0 Å². The molecule has 4 heterocycles. The van der Waals surface area contributed by atoms with Gasteiger partial charge in [0.05, 0.1) is 22.6 Å². The molecular formula is C17H21N5OS. The number of likely N-dealkylation sites (tertiary alicyclic amines) is 2. The number of carbonyl (C=O) groups excluding carboxylic acids is 1. The van der Waals surface area contributed by atoms with Crippen molar-refractivity contribution in [1.29, 1.82) is 0 Å². The summed E-state index contributed by atoms with van der Waals surface area (Å²) in [5.74, 6) is 1.14. The van der Waals surface area contributed by atoms with Crippen LogP contribution >= 0.6 is 11.3 Å². The van der Waals surface area contributed by atoms with E-state index in [0.717, 1.165) is 43.4 Å². The summed E-state index contributed by atoms with van der Waals surface area (Å²) in [4.78, 5) is 29.9. The molecule has 126 valence electrons. The summed E-state index contributed by atoms with van der Waals surface area (Å²) < 4.78 is 0. The molecule has 0 aliphatic carbocycles. The fraction of sp³-hybridized carbons (Fsp3) is 0.529. The van der Waals surface area contributed by atoms with Crippen LogP contribution in [0.25, 0.3) is 0 Å². The molecular weight excluding hydrogens is 322 g/mol. The molecule has 0 bridgehead atoms. The highest BCUT2D eigenvalue weighted by molar-refractivity contribution is 7.09. The Hall–Kier alpha value is -1.86. The molecule has 2 atom stereocenters. The van der Waals surface area contributed by atoms with Gasteiger partial charge in [-0.3, -0.25) is 14.7 Å². The average molecular weight is 343 g/mol. The number of hydrogen-bond donors (Lipinski definition) is 0. The van der Waals surface area contributed by atoms with Crippen LogP contribution in [0.5, 0.6) is 0 Å². The number of amides is 1. The Morgan fingerprint density at radius 2 is 1.92 bits per heavy atom. The van der Waals surface area contributed by atoms with E-state index in [9.17, 15) is 4.79 Å². The first-order chi connectivity index (χ1) is 11.6. The van der Waals surface area contributed by atoms with Gasteiger partial charge in [-0.05, 0) is 25.7 Å². The summed E-state index contributed by atoms with van der Waals surface area (Å²) in [6.45, 7) is 8.59. The van der Waals surface area contributed by atoms with Crippen LogP contribution in [-0.2, 0) is 6.54 Å². The second-order valence-corrected chi connectivity index (χ2v) is 7.89. The van der Waals surface area contributed by atoms with Crippen molar-refractivity contribution >= 4 is 17.2 Å². The molecule has 2 saturated heterocycles. The minimum atomic E-state index is 0.0126. The fourth-order valence-corrected chi connectivity index (χ4v) is 4.36. The molecule has 6 nitrogen and oxygen atoms in total. The molecule has 0 radical (unpaired) electrons. The first-order valence-corrected chi connectivity index (χ1v) is 9.18. The Kier molecular flexibility index (Phi) is 4.05. The van der Waals surface area contributed by atoms with Crippen molar-refractivity contribution in [3.05, 3.63) is 39.9 Å². The molecule has 0 N–H and O–H groups in total. The van der Waals surface area contributed by atoms with Gasteiger partial charge in [-0.2, -0.15) is 0 Å². The molecule has 2 aromatic heterocycles. The van der Waals surface area contributed by atoms with Gasteiger partial charge in [0.15, 0.2) is 0 Å². The smallest absolute Gasteiger partial charge is 0.274 e. The van der Waals surface area contributed by atoms with Crippen LogP contribution in [0, 0.1) is 25.7 Å². The second-order valence-electron chi connectivity index (χ2n) is 6.83. The van der Waals surface area contributed by atoms with Crippen LogP contribution in [0.15, 0.2) is 17.8 Å². The highest BCUT2D eigenvalue weighted by Gasteiger charge is 2.41. The van der Waals surface area contributed by atoms with E-state index in [1.807, 2.05) is 18.7 Å². The van der Waals surface area contributed by atoms with Crippen LogP contribution in [-0.4, -0.2) is 56.8 Å². The Balaban J connectivity index is 1.35. The Bertz CT molecular complexity index is 730. The summed E-state index contributed by atoms with van der Waals surface area (Å²) in [6, 6.07) is 0. The van der Waals surface area contributed by atoms with E-state index in [1.54, 1.807) is 23.7 Å². The van der Waals surface area contributed by atoms with Gasteiger partial charge in [0.25, 0.3) is 5.91 Å². The van der Waals surface area contributed by atoms with Gasteiger partial charge in [-0.25, -0.2) is 9.97 Å². The molecule has 0 saturated carbocycles. The third-order valence-electron chi connectivity index (χ3n) is 4.90. The van der Waals surface area contributed by atoms with Gasteiger partial charge in [0.1, 0.15) is 5.69 Å². The van der Waals surface area contributed by atoms with Crippen molar-refractivity contribution in [2.75, 3.05) is 26.2 Å². The zero-order valence-electron chi connectivity index (χ0n) is 14.0. The maximum atomic E-state index is 12.6. The molecule has 2 fully saturated rings. The van der Waals surface area contributed by atoms with E-state index in [0.29, 0.717) is 17.5 Å². The lowest BCUT2D eigenvalue weighted by molar-refractivity contribution is 0.0767. The third-order valence-corrected chi connectivity index (χ3v) is 5.72. The SMILES string of the molecule is Cc1cnc(C(=O)N2C[C@H]3CN(Cc4csc(C)n4)C[C@H]3C2)cn1. The van der Waals surface area contributed by atoms with Gasteiger partial charge >= 0.3 is 0 Å². The molecule has 2 aliphatic rings. The van der Waals surface area contributed by atoms with E-state index in [2.05, 4.69) is 25.2 Å². The molecule has 2 aliphatic heterocycles. The number of aryl methyl sites for hydroxylation is 2. The zero-order valence-corrected chi connectivity index (χ0v) is 14.8. The molecule has 24 heavy (non-hydrogen) atoms. The van der Waals surface area contributed by atoms with Crippen molar-refractivity contribution in [2.45, 2.75) is 20.4 Å². The van der Waals surface area contributed by atoms with Gasteiger partial charge in [-0.1, -0.05) is 0 Å². The van der Waals surface area contributed by atoms with Crippen LogP contribution in [0.4, 0.5) is 0 Å². The Morgan fingerprint density at radius 1 is 1.17 bits per heavy atom. The second kappa shape index (κ2) is 6.22. The minimum Gasteiger partial charge on any atom is -0.337 e. The summed E-state index contributed by atoms with van der Waals surface area (Å²) in [5.41, 5.74) is 2.45. The van der Waals surface area contributed by atoms with Gasteiger partial charge in [0.2, 0.25) is 0 Å². The van der Waals surface area contributed by atoms with Crippen LogP contribution in [0.1, 0.15) is 26.9 Å². The molecule has 2 aromatic rings. The molecule has 0 aromatic carbocycles. The Labute approximate surface area is 145 Å². The lowest BCUT2D eigenvalue weighted by Gasteiger charge is -2.20. The number of hydrogen-bond acceptors (Lipinski definition) is 6. The number of nitrogens with zero attached hydrogens (tertiary/aromatic N) is 5. The van der Waals surface area contributed by atoms with E-state index in [1.165, 1.54) is 5.69 Å².